The molecule has 216 valence electrons. The first kappa shape index (κ1) is 28.3. The number of allylic oxidation sites excluding steroid dienone is 6. The van der Waals surface area contributed by atoms with Crippen LogP contribution in [0.2, 0.25) is 0 Å². The summed E-state index contributed by atoms with van der Waals surface area (Å²) in [5.74, 6) is -4.13. The first-order valence-electron chi connectivity index (χ1n) is 13.8. The predicted molar refractivity (Wildman–Crippen MR) is 145 cm³/mol. The lowest BCUT2D eigenvalue weighted by molar-refractivity contribution is -0.141. The van der Waals surface area contributed by atoms with Crippen LogP contribution in [0.3, 0.4) is 0 Å². The van der Waals surface area contributed by atoms with E-state index in [0.29, 0.717) is 48.0 Å². The van der Waals surface area contributed by atoms with Gasteiger partial charge in [0.2, 0.25) is 11.8 Å². The van der Waals surface area contributed by atoms with Crippen LogP contribution in [0, 0.1) is 17.8 Å². The third-order valence-electron chi connectivity index (χ3n) is 8.74. The van der Waals surface area contributed by atoms with E-state index in [2.05, 4.69) is 0 Å². The van der Waals surface area contributed by atoms with Gasteiger partial charge in [-0.3, -0.25) is 28.9 Å². The molecular formula is C31H33NO9. The van der Waals surface area contributed by atoms with Gasteiger partial charge in [0.15, 0.2) is 11.6 Å². The third-order valence-corrected chi connectivity index (χ3v) is 8.74. The molecule has 10 nitrogen and oxygen atoms in total. The summed E-state index contributed by atoms with van der Waals surface area (Å²) in [5.41, 5.74) is 2.17. The molecule has 1 fully saturated rings. The van der Waals surface area contributed by atoms with Gasteiger partial charge in [0.25, 0.3) is 0 Å². The van der Waals surface area contributed by atoms with E-state index in [1.807, 2.05) is 6.08 Å². The highest BCUT2D eigenvalue weighted by atomic mass is 16.5. The molecule has 10 heteroatoms. The minimum atomic E-state index is -0.883. The lowest BCUT2D eigenvalue weighted by Crippen LogP contribution is -2.40. The Hall–Kier alpha value is -4.21. The number of phenols is 1. The van der Waals surface area contributed by atoms with Crippen molar-refractivity contribution in [1.82, 2.24) is 4.90 Å². The molecular weight excluding hydrogens is 530 g/mol. The number of imide groups is 1. The molecule has 0 radical (unpaired) electrons. The first-order valence-corrected chi connectivity index (χ1v) is 13.8. The Balaban J connectivity index is 1.57. The smallest absolute Gasteiger partial charge is 0.303 e. The van der Waals surface area contributed by atoms with Crippen LogP contribution in [0.15, 0.2) is 46.6 Å². The standard InChI is InChI=1S/C31H33NO9/c1-15-11-21(34)26-20(29(15)37)14-19-17(27(26)28-22(40-2)12-16(33)13-23(28)41-3)8-9-18-25(19)31(39)32(30(18)38)10-6-4-5-7-24(35)36/h8,11-13,18-19,25,27,33H,4-7,9-10,14H2,1-3H3,(H,35,36). The van der Waals surface area contributed by atoms with Crippen molar-refractivity contribution in [3.63, 3.8) is 0 Å². The van der Waals surface area contributed by atoms with Crippen LogP contribution >= 0.6 is 0 Å². The van der Waals surface area contributed by atoms with Gasteiger partial charge in [0, 0.05) is 53.3 Å². The largest absolute Gasteiger partial charge is 0.508 e. The fraction of sp³-hybridized carbons (Fsp3) is 0.452. The molecule has 1 aliphatic heterocycles. The Kier molecular flexibility index (Phi) is 7.59. The highest BCUT2D eigenvalue weighted by molar-refractivity contribution is 6.23. The zero-order chi connectivity index (χ0) is 29.6. The number of carboxylic acid groups (broad SMARTS) is 1. The maximum absolute atomic E-state index is 13.8. The van der Waals surface area contributed by atoms with Crippen LogP contribution in [-0.2, 0) is 24.0 Å². The molecule has 2 amide bonds. The number of benzene rings is 1. The molecule has 41 heavy (non-hydrogen) atoms. The fourth-order valence-electron chi connectivity index (χ4n) is 6.93. The SMILES string of the molecule is COc1cc(O)cc(OC)c1C1C2=CCC3C(=O)N(CCCCCC(=O)O)C(=O)C3C2CC2=C1C(=O)C=C(C)C2=O. The number of likely N-dealkylation sites (tertiary alicyclic amines) is 1. The molecule has 3 aliphatic carbocycles. The first-order chi connectivity index (χ1) is 19.6. The molecule has 0 bridgehead atoms. The van der Waals surface area contributed by atoms with Crippen LogP contribution in [-0.4, -0.2) is 65.2 Å². The van der Waals surface area contributed by atoms with E-state index < -0.39 is 29.6 Å². The van der Waals surface area contributed by atoms with Crippen molar-refractivity contribution < 1.29 is 43.7 Å². The Morgan fingerprint density at radius 1 is 1.00 bits per heavy atom. The number of hydrogen-bond acceptors (Lipinski definition) is 8. The number of methoxy groups -OCH3 is 2. The van der Waals surface area contributed by atoms with Crippen molar-refractivity contribution in [1.29, 1.82) is 0 Å². The molecule has 4 atom stereocenters. The molecule has 0 saturated carbocycles. The number of rotatable bonds is 9. The Labute approximate surface area is 237 Å². The van der Waals surface area contributed by atoms with Gasteiger partial charge in [0.1, 0.15) is 17.2 Å². The molecule has 0 spiro atoms. The topological polar surface area (TPSA) is 148 Å². The average molecular weight is 564 g/mol. The predicted octanol–water partition coefficient (Wildman–Crippen LogP) is 3.48. The quantitative estimate of drug-likeness (QED) is 0.199. The number of amides is 2. The van der Waals surface area contributed by atoms with E-state index in [0.717, 1.165) is 5.57 Å². The number of carboxylic acids is 1. The number of unbranched alkanes of at least 4 members (excludes halogenated alkanes) is 2. The van der Waals surface area contributed by atoms with Crippen molar-refractivity contribution in [2.45, 2.75) is 51.4 Å². The lowest BCUT2D eigenvalue weighted by atomic mass is 9.59. The van der Waals surface area contributed by atoms with E-state index in [4.69, 9.17) is 14.6 Å². The summed E-state index contributed by atoms with van der Waals surface area (Å²) < 4.78 is 11.2. The molecule has 1 saturated heterocycles. The van der Waals surface area contributed by atoms with Crippen LogP contribution < -0.4 is 9.47 Å². The van der Waals surface area contributed by atoms with Crippen LogP contribution in [0.25, 0.3) is 0 Å². The number of nitrogens with zero attached hydrogens (tertiary/aromatic N) is 1. The summed E-state index contributed by atoms with van der Waals surface area (Å²) >= 11 is 0. The van der Waals surface area contributed by atoms with Crippen LogP contribution in [0.4, 0.5) is 0 Å². The Morgan fingerprint density at radius 3 is 2.32 bits per heavy atom. The molecule has 2 N–H and O–H groups in total. The molecule has 1 aromatic carbocycles. The van der Waals surface area contributed by atoms with Crippen molar-refractivity contribution in [3.8, 4) is 17.2 Å². The normalized spacial score (nSPS) is 25.4. The van der Waals surface area contributed by atoms with Gasteiger partial charge in [-0.25, -0.2) is 0 Å². The molecule has 1 aromatic rings. The highest BCUT2D eigenvalue weighted by Gasteiger charge is 2.56. The summed E-state index contributed by atoms with van der Waals surface area (Å²) in [6.45, 7) is 1.80. The van der Waals surface area contributed by atoms with Gasteiger partial charge in [-0.15, -0.1) is 0 Å². The maximum Gasteiger partial charge on any atom is 0.303 e. The highest BCUT2D eigenvalue weighted by Crippen LogP contribution is 2.57. The third kappa shape index (κ3) is 4.75. The number of hydrogen-bond donors (Lipinski definition) is 2. The van der Waals surface area contributed by atoms with Gasteiger partial charge < -0.3 is 19.7 Å². The van der Waals surface area contributed by atoms with Crippen LogP contribution in [0.1, 0.15) is 56.9 Å². The van der Waals surface area contributed by atoms with Crippen molar-refractivity contribution in [2.75, 3.05) is 20.8 Å². The van der Waals surface area contributed by atoms with Crippen molar-refractivity contribution >= 4 is 29.4 Å². The molecule has 4 aliphatic rings. The monoisotopic (exact) mass is 563 g/mol. The summed E-state index contributed by atoms with van der Waals surface area (Å²) in [4.78, 5) is 66.3. The second-order valence-corrected chi connectivity index (χ2v) is 11.0. The number of fused-ring (bicyclic) bond motifs is 3. The second-order valence-electron chi connectivity index (χ2n) is 11.0. The van der Waals surface area contributed by atoms with Crippen molar-refractivity contribution in [3.05, 3.63) is 52.1 Å². The molecule has 1 heterocycles. The van der Waals surface area contributed by atoms with Gasteiger partial charge in [-0.2, -0.15) is 0 Å². The van der Waals surface area contributed by atoms with Gasteiger partial charge in [0.05, 0.1) is 26.1 Å². The van der Waals surface area contributed by atoms with Gasteiger partial charge in [-0.1, -0.05) is 18.1 Å². The Morgan fingerprint density at radius 2 is 1.68 bits per heavy atom. The van der Waals surface area contributed by atoms with E-state index >= 15 is 0 Å². The zero-order valence-electron chi connectivity index (χ0n) is 23.3. The van der Waals surface area contributed by atoms with E-state index in [1.54, 1.807) is 6.92 Å². The summed E-state index contributed by atoms with van der Waals surface area (Å²) in [6.07, 6.45) is 5.28. The number of carbonyl (C=O) groups excluding carboxylic acids is 4. The fourth-order valence-corrected chi connectivity index (χ4v) is 6.93. The average Bonchev–Trinajstić information content (AvgIpc) is 3.18. The number of ether oxygens (including phenoxy) is 2. The lowest BCUT2D eigenvalue weighted by Gasteiger charge is -2.42. The summed E-state index contributed by atoms with van der Waals surface area (Å²) in [5, 5.41) is 19.2. The van der Waals surface area contributed by atoms with Gasteiger partial charge >= 0.3 is 5.97 Å². The number of Topliss-reactive ketones (excluding diaryl/α,β-unsaturated/α-hetero) is 1. The molecule has 4 unspecified atom stereocenters. The van der Waals surface area contributed by atoms with E-state index in [9.17, 15) is 29.1 Å². The van der Waals surface area contributed by atoms with Gasteiger partial charge in [-0.05, 0) is 44.6 Å². The summed E-state index contributed by atoms with van der Waals surface area (Å²) in [7, 11) is 2.87. The summed E-state index contributed by atoms with van der Waals surface area (Å²) in [6, 6.07) is 2.83. The van der Waals surface area contributed by atoms with E-state index in [1.165, 1.54) is 37.3 Å². The number of ketones is 2. The van der Waals surface area contributed by atoms with Crippen molar-refractivity contribution in [2.24, 2.45) is 17.8 Å². The minimum absolute atomic E-state index is 0.0339. The molecule has 0 aromatic heterocycles. The second kappa shape index (κ2) is 11.0. The maximum atomic E-state index is 13.8. The van der Waals surface area contributed by atoms with E-state index in [-0.39, 0.29) is 60.0 Å². The number of aromatic hydroxyl groups is 1. The Bertz CT molecular complexity index is 1420. The number of aliphatic carboxylic acids is 1. The molecule has 5 rings (SSSR count). The number of phenolic OH excluding ortho intramolecular Hbond substituents is 1. The number of carbonyl (C=O) groups is 5. The zero-order valence-corrected chi connectivity index (χ0v) is 23.3. The van der Waals surface area contributed by atoms with Crippen LogP contribution in [0.5, 0.6) is 17.2 Å². The minimum Gasteiger partial charge on any atom is -0.508 e.